The molecule has 4 atom stereocenters. The Morgan fingerprint density at radius 3 is 2.86 bits per heavy atom. The normalized spacial score (nSPS) is 48.8. The van der Waals surface area contributed by atoms with E-state index in [4.69, 9.17) is 0 Å². The summed E-state index contributed by atoms with van der Waals surface area (Å²) in [6.07, 6.45) is 4.15. The average Bonchev–Trinajstić information content (AvgIpc) is 2.35. The molecule has 0 heterocycles. The minimum atomic E-state index is -0.180. The van der Waals surface area contributed by atoms with Crippen LogP contribution in [-0.4, -0.2) is 17.0 Å². The van der Waals surface area contributed by atoms with Crippen LogP contribution in [0.5, 0.6) is 0 Å². The number of hydrogen-bond acceptors (Lipinski definition) is 2. The monoisotopic (exact) mass is 196 g/mol. The van der Waals surface area contributed by atoms with Gasteiger partial charge in [0.15, 0.2) is 0 Å². The second kappa shape index (κ2) is 3.34. The van der Waals surface area contributed by atoms with Crippen LogP contribution >= 0.6 is 0 Å². The van der Waals surface area contributed by atoms with E-state index < -0.39 is 0 Å². The molecule has 0 spiro atoms. The molecule has 80 valence electrons. The Morgan fingerprint density at radius 1 is 1.43 bits per heavy atom. The maximum atomic E-state index is 11.5. The van der Waals surface area contributed by atoms with Crippen LogP contribution in [0.4, 0.5) is 0 Å². The van der Waals surface area contributed by atoms with Crippen LogP contribution in [0.1, 0.15) is 46.0 Å². The second-order valence-corrected chi connectivity index (χ2v) is 5.43. The largest absolute Gasteiger partial charge is 0.393 e. The Morgan fingerprint density at radius 2 is 2.14 bits per heavy atom. The van der Waals surface area contributed by atoms with E-state index in [9.17, 15) is 9.90 Å². The van der Waals surface area contributed by atoms with Gasteiger partial charge in [-0.25, -0.2) is 0 Å². The fourth-order valence-corrected chi connectivity index (χ4v) is 3.54. The van der Waals surface area contributed by atoms with Gasteiger partial charge in [-0.2, -0.15) is 0 Å². The lowest BCUT2D eigenvalue weighted by molar-refractivity contribution is -0.119. The zero-order chi connectivity index (χ0) is 10.3. The quantitative estimate of drug-likeness (QED) is 0.644. The van der Waals surface area contributed by atoms with Gasteiger partial charge in [-0.15, -0.1) is 0 Å². The van der Waals surface area contributed by atoms with Crippen LogP contribution in [0.2, 0.25) is 0 Å². The summed E-state index contributed by atoms with van der Waals surface area (Å²) in [4.78, 5) is 11.5. The van der Waals surface area contributed by atoms with E-state index >= 15 is 0 Å². The Bertz CT molecular complexity index is 249. The molecule has 0 aromatic heterocycles. The van der Waals surface area contributed by atoms with Crippen molar-refractivity contribution in [3.8, 4) is 0 Å². The molecular formula is C12H20O2. The molecule has 0 aliphatic heterocycles. The zero-order valence-electron chi connectivity index (χ0n) is 9.12. The lowest BCUT2D eigenvalue weighted by atomic mass is 9.71. The number of carbonyl (C=O) groups is 1. The van der Waals surface area contributed by atoms with Crippen molar-refractivity contribution in [2.24, 2.45) is 17.3 Å². The maximum Gasteiger partial charge on any atom is 0.133 e. The summed E-state index contributed by atoms with van der Waals surface area (Å²) in [5.74, 6) is 1.41. The molecule has 0 amide bonds. The predicted molar refractivity (Wildman–Crippen MR) is 54.9 cm³/mol. The number of hydrogen-bond donors (Lipinski definition) is 1. The molecule has 2 heteroatoms. The minimum Gasteiger partial charge on any atom is -0.393 e. The first-order chi connectivity index (χ1) is 6.54. The van der Waals surface area contributed by atoms with Gasteiger partial charge < -0.3 is 5.11 Å². The molecule has 0 aromatic rings. The third-order valence-corrected chi connectivity index (χ3v) is 4.54. The zero-order valence-corrected chi connectivity index (χ0v) is 9.12. The topological polar surface area (TPSA) is 37.3 Å². The number of aliphatic hydroxyl groups excluding tert-OH is 1. The summed E-state index contributed by atoms with van der Waals surface area (Å²) in [5, 5.41) is 10.0. The van der Waals surface area contributed by atoms with E-state index in [0.29, 0.717) is 24.0 Å². The van der Waals surface area contributed by atoms with Gasteiger partial charge in [0.25, 0.3) is 0 Å². The number of fused-ring (bicyclic) bond motifs is 1. The molecule has 14 heavy (non-hydrogen) atoms. The van der Waals surface area contributed by atoms with Crippen molar-refractivity contribution in [3.63, 3.8) is 0 Å². The van der Waals surface area contributed by atoms with Crippen molar-refractivity contribution in [3.05, 3.63) is 0 Å². The van der Waals surface area contributed by atoms with Gasteiger partial charge in [0.05, 0.1) is 6.10 Å². The van der Waals surface area contributed by atoms with Gasteiger partial charge in [0, 0.05) is 12.8 Å². The molecule has 2 fully saturated rings. The molecule has 0 aromatic carbocycles. The summed E-state index contributed by atoms with van der Waals surface area (Å²) >= 11 is 0. The van der Waals surface area contributed by atoms with Crippen LogP contribution < -0.4 is 0 Å². The minimum absolute atomic E-state index is 0.0194. The van der Waals surface area contributed by atoms with Crippen LogP contribution in [0, 0.1) is 17.3 Å². The van der Waals surface area contributed by atoms with Crippen LogP contribution in [0.25, 0.3) is 0 Å². The molecule has 2 nitrogen and oxygen atoms in total. The number of aliphatic hydroxyl groups is 1. The molecule has 0 unspecified atom stereocenters. The van der Waals surface area contributed by atoms with Gasteiger partial charge in [0.2, 0.25) is 0 Å². The number of Topliss-reactive ketones (excluding diaryl/α,β-unsaturated/α-hetero) is 1. The van der Waals surface area contributed by atoms with Crippen molar-refractivity contribution in [1.29, 1.82) is 0 Å². The number of ketones is 1. The highest BCUT2D eigenvalue weighted by molar-refractivity contribution is 5.79. The van der Waals surface area contributed by atoms with Crippen molar-refractivity contribution in [2.75, 3.05) is 0 Å². The number of rotatable bonds is 0. The molecule has 2 rings (SSSR count). The molecule has 0 saturated heterocycles. The van der Waals surface area contributed by atoms with Crippen molar-refractivity contribution in [2.45, 2.75) is 52.1 Å². The lowest BCUT2D eigenvalue weighted by Gasteiger charge is -2.35. The Labute approximate surface area is 85.7 Å². The fraction of sp³-hybridized carbons (Fsp3) is 0.917. The van der Waals surface area contributed by atoms with Gasteiger partial charge in [0.1, 0.15) is 5.78 Å². The lowest BCUT2D eigenvalue weighted by Crippen LogP contribution is -2.34. The van der Waals surface area contributed by atoms with E-state index in [1.165, 1.54) is 0 Å². The number of carbonyl (C=O) groups excluding carboxylic acids is 1. The third-order valence-electron chi connectivity index (χ3n) is 4.54. The molecule has 0 bridgehead atoms. The maximum absolute atomic E-state index is 11.5. The smallest absolute Gasteiger partial charge is 0.133 e. The fourth-order valence-electron chi connectivity index (χ4n) is 3.54. The first-order valence-electron chi connectivity index (χ1n) is 5.74. The summed E-state index contributed by atoms with van der Waals surface area (Å²) in [6.45, 7) is 4.34. The molecular weight excluding hydrogens is 176 g/mol. The summed E-state index contributed by atoms with van der Waals surface area (Å²) in [7, 11) is 0. The average molecular weight is 196 g/mol. The van der Waals surface area contributed by atoms with Gasteiger partial charge in [-0.3, -0.25) is 4.79 Å². The first kappa shape index (κ1) is 10.2. The van der Waals surface area contributed by atoms with Crippen molar-refractivity contribution in [1.82, 2.24) is 0 Å². The van der Waals surface area contributed by atoms with Crippen LogP contribution in [0.3, 0.4) is 0 Å². The predicted octanol–water partition coefficient (Wildman–Crippen LogP) is 2.15. The third kappa shape index (κ3) is 1.40. The molecule has 2 saturated carbocycles. The second-order valence-electron chi connectivity index (χ2n) is 5.43. The molecule has 1 N–H and O–H groups in total. The van der Waals surface area contributed by atoms with Crippen molar-refractivity contribution >= 4 is 5.78 Å². The van der Waals surface area contributed by atoms with Crippen LogP contribution in [0.15, 0.2) is 0 Å². The van der Waals surface area contributed by atoms with Crippen molar-refractivity contribution < 1.29 is 9.90 Å². The molecule has 0 radical (unpaired) electrons. The summed E-state index contributed by atoms with van der Waals surface area (Å²) in [5.41, 5.74) is 0.0194. The SMILES string of the molecule is C[C@@H]1CC(=O)CC[C@]2(C)[C@H](O)CC[C@H]12. The standard InChI is InChI=1S/C12H20O2/c1-8-7-9(13)5-6-12(2)10(8)3-4-11(12)14/h8,10-11,14H,3-7H2,1-2H3/t8-,10-,11-,12+/m1/s1. The Balaban J connectivity index is 2.25. The van der Waals surface area contributed by atoms with Gasteiger partial charge in [-0.1, -0.05) is 13.8 Å². The van der Waals surface area contributed by atoms with E-state index in [-0.39, 0.29) is 11.5 Å². The van der Waals surface area contributed by atoms with E-state index in [1.54, 1.807) is 0 Å². The summed E-state index contributed by atoms with van der Waals surface area (Å²) in [6, 6.07) is 0. The highest BCUT2D eigenvalue weighted by Crippen LogP contribution is 2.52. The first-order valence-corrected chi connectivity index (χ1v) is 5.74. The molecule has 2 aliphatic rings. The Kier molecular flexibility index (Phi) is 2.42. The van der Waals surface area contributed by atoms with E-state index in [0.717, 1.165) is 25.7 Å². The van der Waals surface area contributed by atoms with Crippen LogP contribution in [-0.2, 0) is 4.79 Å². The Hall–Kier alpha value is -0.370. The molecule has 2 aliphatic carbocycles. The van der Waals surface area contributed by atoms with Gasteiger partial charge in [-0.05, 0) is 36.5 Å². The van der Waals surface area contributed by atoms with E-state index in [2.05, 4.69) is 13.8 Å². The highest BCUT2D eigenvalue weighted by Gasteiger charge is 2.49. The van der Waals surface area contributed by atoms with E-state index in [1.807, 2.05) is 0 Å². The summed E-state index contributed by atoms with van der Waals surface area (Å²) < 4.78 is 0. The highest BCUT2D eigenvalue weighted by atomic mass is 16.3. The van der Waals surface area contributed by atoms with Gasteiger partial charge >= 0.3 is 0 Å².